The van der Waals surface area contributed by atoms with E-state index in [4.69, 9.17) is 11.6 Å². The summed E-state index contributed by atoms with van der Waals surface area (Å²) in [6.45, 7) is 0.635. The van der Waals surface area contributed by atoms with Crippen LogP contribution in [0.4, 0.5) is 0 Å². The highest BCUT2D eigenvalue weighted by Gasteiger charge is 1.82. The highest BCUT2D eigenvalue weighted by atomic mass is 35.5. The van der Waals surface area contributed by atoms with Crippen molar-refractivity contribution >= 4 is 11.6 Å². The van der Waals surface area contributed by atoms with Crippen LogP contribution in [0.25, 0.3) is 0 Å². The van der Waals surface area contributed by atoms with Gasteiger partial charge in [0.05, 0.1) is 0 Å². The Balaban J connectivity index is 2.62. The van der Waals surface area contributed by atoms with E-state index in [0.29, 0.717) is 12.4 Å². The van der Waals surface area contributed by atoms with Crippen LogP contribution < -0.4 is 5.43 Å². The molecule has 0 bridgehead atoms. The number of hydrogen-bond acceptors (Lipinski definition) is 2. The molecule has 0 aliphatic carbocycles. The maximum atomic E-state index is 9.37. The van der Waals surface area contributed by atoms with Crippen LogP contribution in [0.1, 0.15) is 12.8 Å². The molecule has 0 aliphatic rings. The lowest BCUT2D eigenvalue weighted by molar-refractivity contribution is 0.669. The Kier molecular flexibility index (Phi) is 6.43. The van der Waals surface area contributed by atoms with Crippen LogP contribution in [-0.2, 0) is 0 Å². The molecule has 0 saturated heterocycles. The Hall–Kier alpha value is -0.310. The van der Waals surface area contributed by atoms with Gasteiger partial charge in [0.2, 0.25) is 0 Å². The van der Waals surface area contributed by atoms with Crippen molar-refractivity contribution in [2.24, 2.45) is 5.29 Å². The molecule has 0 aromatic heterocycles. The maximum absolute atomic E-state index is 9.37. The van der Waals surface area contributed by atoms with E-state index in [0.717, 1.165) is 12.8 Å². The van der Waals surface area contributed by atoms with Crippen molar-refractivity contribution in [1.82, 2.24) is 5.43 Å². The van der Waals surface area contributed by atoms with Gasteiger partial charge in [-0.05, 0) is 12.8 Å². The quantitative estimate of drug-likeness (QED) is 0.268. The van der Waals surface area contributed by atoms with Gasteiger partial charge in [-0.2, -0.15) is 0 Å². The summed E-state index contributed by atoms with van der Waals surface area (Å²) >= 11 is 5.34. The van der Waals surface area contributed by atoms with Gasteiger partial charge in [0.15, 0.2) is 0 Å². The molecule has 0 radical (unpaired) electrons. The normalized spacial score (nSPS) is 8.62. The van der Waals surface area contributed by atoms with Crippen molar-refractivity contribution in [3.8, 4) is 0 Å². The summed E-state index contributed by atoms with van der Waals surface area (Å²) in [4.78, 5) is 9.37. The van der Waals surface area contributed by atoms with E-state index in [2.05, 4.69) is 10.7 Å². The summed E-state index contributed by atoms with van der Waals surface area (Å²) in [6.07, 6.45) is 1.85. The average molecular weight is 137 g/mol. The molecule has 0 atom stereocenters. The molecular weight excluding hydrogens is 128 g/mol. The molecule has 0 aromatic rings. The van der Waals surface area contributed by atoms with E-state index in [1.807, 2.05) is 0 Å². The molecule has 0 amide bonds. The van der Waals surface area contributed by atoms with Crippen LogP contribution in [0, 0.1) is 4.91 Å². The van der Waals surface area contributed by atoms with E-state index in [1.165, 1.54) is 0 Å². The smallest absolute Gasteiger partial charge is 0.0496 e. The standard InChI is InChI=1S/C4H9ClN2O/c5-3-1-2-4-6-7-8/h1-4H2,(H,6,8). The van der Waals surface area contributed by atoms with Crippen molar-refractivity contribution in [2.75, 3.05) is 12.4 Å². The monoisotopic (exact) mass is 136 g/mol. The first-order chi connectivity index (χ1) is 3.91. The second-order valence-electron chi connectivity index (χ2n) is 1.40. The SMILES string of the molecule is O=NNCCCCCl. The first-order valence-corrected chi connectivity index (χ1v) is 3.06. The lowest BCUT2D eigenvalue weighted by Crippen LogP contribution is -2.05. The summed E-state index contributed by atoms with van der Waals surface area (Å²) < 4.78 is 0. The van der Waals surface area contributed by atoms with Crippen molar-refractivity contribution in [3.05, 3.63) is 4.91 Å². The highest BCUT2D eigenvalue weighted by Crippen LogP contribution is 1.88. The molecule has 8 heavy (non-hydrogen) atoms. The number of rotatable bonds is 5. The van der Waals surface area contributed by atoms with Gasteiger partial charge in [0.25, 0.3) is 0 Å². The fraction of sp³-hybridized carbons (Fsp3) is 1.00. The van der Waals surface area contributed by atoms with Crippen molar-refractivity contribution in [2.45, 2.75) is 12.8 Å². The van der Waals surface area contributed by atoms with Gasteiger partial charge < -0.3 is 0 Å². The van der Waals surface area contributed by atoms with Crippen LogP contribution in [0.5, 0.6) is 0 Å². The molecule has 1 N–H and O–H groups in total. The predicted octanol–water partition coefficient (Wildman–Crippen LogP) is 1.28. The van der Waals surface area contributed by atoms with Crippen molar-refractivity contribution in [1.29, 1.82) is 0 Å². The zero-order valence-electron chi connectivity index (χ0n) is 4.56. The van der Waals surface area contributed by atoms with E-state index in [1.54, 1.807) is 0 Å². The second-order valence-corrected chi connectivity index (χ2v) is 1.77. The van der Waals surface area contributed by atoms with Gasteiger partial charge >= 0.3 is 0 Å². The number of alkyl halides is 1. The first kappa shape index (κ1) is 7.69. The molecule has 48 valence electrons. The number of hydrogen-bond donors (Lipinski definition) is 1. The lowest BCUT2D eigenvalue weighted by atomic mass is 10.3. The number of halogens is 1. The third-order valence-corrected chi connectivity index (χ3v) is 1.00. The Bertz CT molecular complexity index is 60.0. The molecule has 0 heterocycles. The van der Waals surface area contributed by atoms with Gasteiger partial charge in [-0.1, -0.05) is 0 Å². The summed E-state index contributed by atoms with van der Waals surface area (Å²) in [5, 5.41) is 2.46. The topological polar surface area (TPSA) is 41.5 Å². The highest BCUT2D eigenvalue weighted by molar-refractivity contribution is 6.17. The van der Waals surface area contributed by atoms with Gasteiger partial charge in [-0.3, -0.25) is 5.43 Å². The van der Waals surface area contributed by atoms with Crippen LogP contribution >= 0.6 is 11.6 Å². The summed E-state index contributed by atoms with van der Waals surface area (Å²) in [5.74, 6) is 0.653. The maximum Gasteiger partial charge on any atom is 0.0496 e. The first-order valence-electron chi connectivity index (χ1n) is 2.53. The van der Waals surface area contributed by atoms with Crippen LogP contribution in [0.2, 0.25) is 0 Å². The zero-order chi connectivity index (χ0) is 6.24. The molecule has 0 aliphatic heterocycles. The molecule has 0 unspecified atom stereocenters. The Morgan fingerprint density at radius 1 is 1.50 bits per heavy atom. The third kappa shape index (κ3) is 5.69. The fourth-order valence-corrected chi connectivity index (χ4v) is 0.533. The molecule has 0 spiro atoms. The van der Waals surface area contributed by atoms with E-state index < -0.39 is 0 Å². The molecule has 0 rings (SSSR count). The van der Waals surface area contributed by atoms with Crippen LogP contribution in [0.15, 0.2) is 5.29 Å². The van der Waals surface area contributed by atoms with Crippen molar-refractivity contribution in [3.63, 3.8) is 0 Å². The minimum atomic E-state index is 0.635. The summed E-state index contributed by atoms with van der Waals surface area (Å²) in [7, 11) is 0. The molecular formula is C4H9ClN2O. The van der Waals surface area contributed by atoms with Gasteiger partial charge in [0.1, 0.15) is 0 Å². The van der Waals surface area contributed by atoms with Gasteiger partial charge in [-0.15, -0.1) is 16.5 Å². The average Bonchev–Trinajstić information content (AvgIpc) is 1.81. The van der Waals surface area contributed by atoms with Gasteiger partial charge in [0, 0.05) is 17.7 Å². The fourth-order valence-electron chi connectivity index (χ4n) is 0.344. The zero-order valence-corrected chi connectivity index (χ0v) is 5.32. The summed E-state index contributed by atoms with van der Waals surface area (Å²) in [5.41, 5.74) is 2.29. The van der Waals surface area contributed by atoms with Gasteiger partial charge in [-0.25, -0.2) is 0 Å². The number of nitroso groups, excluding NO2 is 1. The van der Waals surface area contributed by atoms with E-state index >= 15 is 0 Å². The molecule has 0 aromatic carbocycles. The lowest BCUT2D eigenvalue weighted by Gasteiger charge is -1.91. The van der Waals surface area contributed by atoms with E-state index in [9.17, 15) is 4.91 Å². The van der Waals surface area contributed by atoms with Crippen LogP contribution in [-0.4, -0.2) is 12.4 Å². The minimum Gasteiger partial charge on any atom is -0.274 e. The number of nitrogens with zero attached hydrogens (tertiary/aromatic N) is 1. The largest absolute Gasteiger partial charge is 0.274 e. The van der Waals surface area contributed by atoms with E-state index in [-0.39, 0.29) is 0 Å². The number of nitrogens with one attached hydrogen (secondary N) is 1. The van der Waals surface area contributed by atoms with Crippen LogP contribution in [0.3, 0.4) is 0 Å². The Labute approximate surface area is 53.4 Å². The molecule has 4 heteroatoms. The second kappa shape index (κ2) is 6.69. The minimum absolute atomic E-state index is 0.635. The third-order valence-electron chi connectivity index (χ3n) is 0.737. The number of unbranched alkanes of at least 4 members (excludes halogenated alkanes) is 1. The van der Waals surface area contributed by atoms with Crippen molar-refractivity contribution < 1.29 is 0 Å². The predicted molar refractivity (Wildman–Crippen MR) is 33.8 cm³/mol. The molecule has 0 fully saturated rings. The Morgan fingerprint density at radius 3 is 2.75 bits per heavy atom. The molecule has 3 nitrogen and oxygen atoms in total. The molecule has 0 saturated carbocycles. The summed E-state index contributed by atoms with van der Waals surface area (Å²) in [6, 6.07) is 0. The Morgan fingerprint density at radius 2 is 2.25 bits per heavy atom.